The van der Waals surface area contributed by atoms with Gasteiger partial charge in [0.1, 0.15) is 6.10 Å². The van der Waals surface area contributed by atoms with Crippen molar-refractivity contribution in [1.82, 2.24) is 9.80 Å². The van der Waals surface area contributed by atoms with Gasteiger partial charge < -0.3 is 19.3 Å². The van der Waals surface area contributed by atoms with Crippen molar-refractivity contribution in [3.8, 4) is 0 Å². The number of fused-ring (bicyclic) bond motifs is 1. The first-order chi connectivity index (χ1) is 12.2. The third-order valence-corrected chi connectivity index (χ3v) is 6.86. The van der Waals surface area contributed by atoms with Gasteiger partial charge in [0.2, 0.25) is 0 Å². The average molecular weight is 351 g/mol. The lowest BCUT2D eigenvalue weighted by molar-refractivity contribution is -0.145. The minimum Gasteiger partial charge on any atom is -0.381 e. The highest BCUT2D eigenvalue weighted by atomic mass is 16.5. The molecule has 4 heterocycles. The summed E-state index contributed by atoms with van der Waals surface area (Å²) < 4.78 is 11.7. The molecule has 4 aliphatic heterocycles. The van der Waals surface area contributed by atoms with Gasteiger partial charge in [-0.15, -0.1) is 0 Å². The number of likely N-dealkylation sites (tertiary alicyclic amines) is 2. The standard InChI is InChI=1S/C20H34N2O3/c1-15-2-8-22(9-3-15)20(23)18-12-17-4-7-21(14-19(17)25-18)13-16-5-10-24-11-6-16/h15-19H,2-14H2,1H3/t17-,18+,19-/m1/s1. The maximum Gasteiger partial charge on any atom is 0.251 e. The van der Waals surface area contributed by atoms with E-state index < -0.39 is 0 Å². The van der Waals surface area contributed by atoms with E-state index in [-0.39, 0.29) is 18.1 Å². The number of carbonyl (C=O) groups is 1. The Hall–Kier alpha value is -0.650. The molecule has 25 heavy (non-hydrogen) atoms. The minimum absolute atomic E-state index is 0.175. The van der Waals surface area contributed by atoms with Gasteiger partial charge in [-0.3, -0.25) is 4.79 Å². The first-order valence-electron chi connectivity index (χ1n) is 10.4. The Morgan fingerprint density at radius 1 is 1.04 bits per heavy atom. The van der Waals surface area contributed by atoms with E-state index >= 15 is 0 Å². The molecule has 0 aromatic heterocycles. The fraction of sp³-hybridized carbons (Fsp3) is 0.950. The van der Waals surface area contributed by atoms with Gasteiger partial charge in [0.15, 0.2) is 0 Å². The summed E-state index contributed by atoms with van der Waals surface area (Å²) >= 11 is 0. The molecule has 0 aromatic rings. The quantitative estimate of drug-likeness (QED) is 0.782. The van der Waals surface area contributed by atoms with Gasteiger partial charge >= 0.3 is 0 Å². The van der Waals surface area contributed by atoms with Crippen LogP contribution >= 0.6 is 0 Å². The monoisotopic (exact) mass is 350 g/mol. The lowest BCUT2D eigenvalue weighted by atomic mass is 9.90. The second kappa shape index (κ2) is 7.93. The molecule has 0 saturated carbocycles. The molecule has 0 aromatic carbocycles. The zero-order valence-corrected chi connectivity index (χ0v) is 15.7. The maximum atomic E-state index is 12.8. The van der Waals surface area contributed by atoms with Crippen LogP contribution in [0.4, 0.5) is 0 Å². The topological polar surface area (TPSA) is 42.0 Å². The van der Waals surface area contributed by atoms with Gasteiger partial charge in [0.25, 0.3) is 5.91 Å². The number of rotatable bonds is 3. The Bertz CT molecular complexity index is 458. The van der Waals surface area contributed by atoms with Crippen LogP contribution < -0.4 is 0 Å². The number of hydrogen-bond donors (Lipinski definition) is 0. The molecule has 142 valence electrons. The molecule has 0 unspecified atom stereocenters. The first-order valence-corrected chi connectivity index (χ1v) is 10.4. The molecular formula is C20H34N2O3. The summed E-state index contributed by atoms with van der Waals surface area (Å²) in [4.78, 5) is 17.5. The molecule has 4 aliphatic rings. The van der Waals surface area contributed by atoms with Gasteiger partial charge in [0.05, 0.1) is 6.10 Å². The molecule has 0 N–H and O–H groups in total. The lowest BCUT2D eigenvalue weighted by Crippen LogP contribution is -2.45. The molecule has 5 nitrogen and oxygen atoms in total. The van der Waals surface area contributed by atoms with Crippen LogP contribution in [0.5, 0.6) is 0 Å². The summed E-state index contributed by atoms with van der Waals surface area (Å²) in [6.45, 7) is 9.34. The third kappa shape index (κ3) is 4.20. The summed E-state index contributed by atoms with van der Waals surface area (Å²) in [7, 11) is 0. The summed E-state index contributed by atoms with van der Waals surface area (Å²) in [6, 6.07) is 0. The number of hydrogen-bond acceptors (Lipinski definition) is 4. The molecule has 5 heteroatoms. The molecular weight excluding hydrogens is 316 g/mol. The van der Waals surface area contributed by atoms with Crippen molar-refractivity contribution in [1.29, 1.82) is 0 Å². The minimum atomic E-state index is -0.175. The van der Waals surface area contributed by atoms with E-state index in [0.29, 0.717) is 5.92 Å². The van der Waals surface area contributed by atoms with Crippen LogP contribution in [-0.4, -0.2) is 73.9 Å². The zero-order valence-electron chi connectivity index (χ0n) is 15.7. The van der Waals surface area contributed by atoms with Crippen LogP contribution in [0.3, 0.4) is 0 Å². The fourth-order valence-corrected chi connectivity index (χ4v) is 5.05. The average Bonchev–Trinajstić information content (AvgIpc) is 3.06. The predicted octanol–water partition coefficient (Wildman–Crippen LogP) is 2.15. The molecule has 1 amide bonds. The summed E-state index contributed by atoms with van der Waals surface area (Å²) in [6.07, 6.45) is 6.90. The highest BCUT2D eigenvalue weighted by Crippen LogP contribution is 2.35. The first kappa shape index (κ1) is 17.7. The van der Waals surface area contributed by atoms with Crippen molar-refractivity contribution in [3.63, 3.8) is 0 Å². The van der Waals surface area contributed by atoms with Gasteiger partial charge in [-0.1, -0.05) is 6.92 Å². The van der Waals surface area contributed by atoms with Gasteiger partial charge in [-0.2, -0.15) is 0 Å². The molecule has 4 fully saturated rings. The fourth-order valence-electron chi connectivity index (χ4n) is 5.05. The molecule has 3 atom stereocenters. The van der Waals surface area contributed by atoms with Crippen molar-refractivity contribution in [3.05, 3.63) is 0 Å². The van der Waals surface area contributed by atoms with Crippen LogP contribution in [0.1, 0.15) is 45.4 Å². The van der Waals surface area contributed by atoms with E-state index in [0.717, 1.165) is 63.9 Å². The molecule has 4 saturated heterocycles. The largest absolute Gasteiger partial charge is 0.381 e. The Morgan fingerprint density at radius 2 is 1.80 bits per heavy atom. The SMILES string of the molecule is CC1CCN(C(=O)[C@@H]2C[C@H]3CCN(CC4CCOCC4)C[C@H]3O2)CC1. The molecule has 0 bridgehead atoms. The smallest absolute Gasteiger partial charge is 0.251 e. The predicted molar refractivity (Wildman–Crippen MR) is 96.3 cm³/mol. The van der Waals surface area contributed by atoms with E-state index in [1.165, 1.54) is 32.4 Å². The Balaban J connectivity index is 1.27. The van der Waals surface area contributed by atoms with E-state index in [1.54, 1.807) is 0 Å². The van der Waals surface area contributed by atoms with Gasteiger partial charge in [-0.05, 0) is 62.8 Å². The Kier molecular flexibility index (Phi) is 5.63. The molecule has 0 spiro atoms. The van der Waals surface area contributed by atoms with Crippen molar-refractivity contribution < 1.29 is 14.3 Å². The highest BCUT2D eigenvalue weighted by Gasteiger charge is 2.43. The lowest BCUT2D eigenvalue weighted by Gasteiger charge is -2.37. The van der Waals surface area contributed by atoms with E-state index in [2.05, 4.69) is 16.7 Å². The van der Waals surface area contributed by atoms with Crippen molar-refractivity contribution in [2.45, 2.75) is 57.7 Å². The Morgan fingerprint density at radius 3 is 2.56 bits per heavy atom. The number of amides is 1. The number of nitrogens with zero attached hydrogens (tertiary/aromatic N) is 2. The van der Waals surface area contributed by atoms with Crippen molar-refractivity contribution in [2.75, 3.05) is 45.9 Å². The van der Waals surface area contributed by atoms with E-state index in [9.17, 15) is 4.79 Å². The maximum absolute atomic E-state index is 12.8. The second-order valence-electron chi connectivity index (χ2n) is 8.77. The summed E-state index contributed by atoms with van der Waals surface area (Å²) in [5, 5.41) is 0. The highest BCUT2D eigenvalue weighted by molar-refractivity contribution is 5.81. The van der Waals surface area contributed by atoms with Crippen molar-refractivity contribution in [2.24, 2.45) is 17.8 Å². The summed E-state index contributed by atoms with van der Waals surface area (Å²) in [5.41, 5.74) is 0. The van der Waals surface area contributed by atoms with Crippen LogP contribution in [0, 0.1) is 17.8 Å². The molecule has 0 radical (unpaired) electrons. The van der Waals surface area contributed by atoms with Gasteiger partial charge in [0, 0.05) is 39.4 Å². The van der Waals surface area contributed by atoms with Crippen LogP contribution in [0.25, 0.3) is 0 Å². The third-order valence-electron chi connectivity index (χ3n) is 6.86. The number of carbonyl (C=O) groups excluding carboxylic acids is 1. The second-order valence-corrected chi connectivity index (χ2v) is 8.77. The summed E-state index contributed by atoms with van der Waals surface area (Å²) in [5.74, 6) is 2.38. The number of ether oxygens (including phenoxy) is 2. The normalized spacial score (nSPS) is 35.7. The Labute approximate surface area is 152 Å². The zero-order chi connectivity index (χ0) is 17.2. The van der Waals surface area contributed by atoms with Gasteiger partial charge in [-0.25, -0.2) is 0 Å². The molecule has 0 aliphatic carbocycles. The van der Waals surface area contributed by atoms with Crippen molar-refractivity contribution >= 4 is 5.91 Å². The van der Waals surface area contributed by atoms with Crippen LogP contribution in [0.15, 0.2) is 0 Å². The number of piperidine rings is 2. The molecule has 4 rings (SSSR count). The van der Waals surface area contributed by atoms with E-state index in [4.69, 9.17) is 9.47 Å². The van der Waals surface area contributed by atoms with Crippen LogP contribution in [0.2, 0.25) is 0 Å². The van der Waals surface area contributed by atoms with Crippen LogP contribution in [-0.2, 0) is 14.3 Å². The van der Waals surface area contributed by atoms with E-state index in [1.807, 2.05) is 0 Å².